The molecule has 4 atom stereocenters. The van der Waals surface area contributed by atoms with Crippen molar-refractivity contribution in [3.8, 4) is 22.5 Å². The number of halogens is 2. The summed E-state index contributed by atoms with van der Waals surface area (Å²) in [6.07, 6.45) is 16.8. The number of methoxy groups -OCH3 is 1. The number of carboxylic acid groups (broad SMARTS) is 1. The molecule has 0 saturated carbocycles. The fraction of sp³-hybridized carbons (Fsp3) is 0.477. The zero-order valence-electron chi connectivity index (χ0n) is 52.1. The molecule has 2 fully saturated rings. The predicted octanol–water partition coefficient (Wildman–Crippen LogP) is 7.02. The van der Waals surface area contributed by atoms with Gasteiger partial charge in [-0.3, -0.25) is 29.1 Å². The number of nitrogens with one attached hydrogen (secondary N) is 2. The Morgan fingerprint density at radius 1 is 0.626 bits per heavy atom. The first kappa shape index (κ1) is 68.1. The van der Waals surface area contributed by atoms with Crippen LogP contribution in [0.15, 0.2) is 85.7 Å². The maximum atomic E-state index is 15.5. The molecule has 8 aromatic rings. The number of fused-ring (bicyclic) bond motifs is 4. The van der Waals surface area contributed by atoms with Crippen LogP contribution in [0, 0.1) is 23.7 Å². The number of piperidine rings is 2. The molecule has 2 aliphatic carbocycles. The number of esters is 1. The van der Waals surface area contributed by atoms with Gasteiger partial charge in [0.05, 0.1) is 67.2 Å². The number of hydrogen-bond acceptors (Lipinski definition) is 20. The van der Waals surface area contributed by atoms with Gasteiger partial charge in [-0.1, -0.05) is 62.5 Å². The SMILES string of the molecule is CC(C)[C@]1(F)CCc2nc3sc(C(=O)N[C@H](CCN4CCC(C(=O)O)CC4)c4ccc(-c5ccnnc5)nc4)nc3cc2C1.COC(=O)C1CCN(CC[C@@H](NC(=O)c2nc3cc4c(nc3s2)CC[C@@](F)(C(C)C)C4)c2ccc(-c3ccnnc3)nc2)CC1.[Li+].[OH-]. The summed E-state index contributed by atoms with van der Waals surface area (Å²) in [5, 5.41) is 31.9. The molecule has 8 aromatic heterocycles. The average molecular weight is 1270 g/mol. The van der Waals surface area contributed by atoms with Crippen molar-refractivity contribution in [1.82, 2.24) is 70.7 Å². The molecule has 474 valence electrons. The minimum absolute atomic E-state index is 0. The number of aromatic nitrogens is 10. The topological polar surface area (TPSA) is 287 Å². The Kier molecular flexibility index (Phi) is 22.5. The molecular weight excluding hydrogens is 1200 g/mol. The molecule has 4 aliphatic rings. The van der Waals surface area contributed by atoms with E-state index in [1.54, 1.807) is 37.2 Å². The summed E-state index contributed by atoms with van der Waals surface area (Å²) in [4.78, 5) is 84.6. The van der Waals surface area contributed by atoms with E-state index >= 15 is 8.78 Å². The van der Waals surface area contributed by atoms with Crippen LogP contribution in [-0.2, 0) is 40.0 Å². The number of carbonyl (C=O) groups is 4. The molecule has 4 N–H and O–H groups in total. The quantitative estimate of drug-likeness (QED) is 0.0574. The monoisotopic (exact) mass is 1270 g/mol. The molecule has 2 saturated heterocycles. The first-order valence-electron chi connectivity index (χ1n) is 30.7. The van der Waals surface area contributed by atoms with Crippen LogP contribution < -0.4 is 29.5 Å². The van der Waals surface area contributed by atoms with Crippen molar-refractivity contribution < 1.29 is 62.1 Å². The summed E-state index contributed by atoms with van der Waals surface area (Å²) in [7, 11) is 1.43. The summed E-state index contributed by atoms with van der Waals surface area (Å²) in [6, 6.07) is 14.6. The third-order valence-corrected chi connectivity index (χ3v) is 20.3. The second-order valence-corrected chi connectivity index (χ2v) is 26.5. The van der Waals surface area contributed by atoms with E-state index < -0.39 is 17.3 Å². The molecule has 0 bridgehead atoms. The zero-order chi connectivity index (χ0) is 62.4. The number of thiazole rings is 2. The number of hydrogen-bond donors (Lipinski definition) is 3. The molecule has 0 spiro atoms. The van der Waals surface area contributed by atoms with Crippen molar-refractivity contribution in [2.75, 3.05) is 46.4 Å². The summed E-state index contributed by atoms with van der Waals surface area (Å²) in [5.74, 6) is -2.00. The predicted molar refractivity (Wildman–Crippen MR) is 336 cm³/mol. The summed E-state index contributed by atoms with van der Waals surface area (Å²) >= 11 is 2.51. The number of ether oxygens (including phenoxy) is 1. The van der Waals surface area contributed by atoms with Crippen molar-refractivity contribution in [3.05, 3.63) is 129 Å². The van der Waals surface area contributed by atoms with Crippen LogP contribution in [0.4, 0.5) is 8.78 Å². The Morgan fingerprint density at radius 2 is 1.05 bits per heavy atom. The molecule has 2 aliphatic heterocycles. The molecule has 21 nitrogen and oxygen atoms in total. The summed E-state index contributed by atoms with van der Waals surface area (Å²) in [5.41, 5.74) is 7.21. The van der Waals surface area contributed by atoms with Crippen molar-refractivity contribution in [3.63, 3.8) is 0 Å². The van der Waals surface area contributed by atoms with Crippen LogP contribution in [0.3, 0.4) is 0 Å². The maximum Gasteiger partial charge on any atom is 1.00 e. The minimum Gasteiger partial charge on any atom is -0.870 e. The molecule has 0 unspecified atom stereocenters. The van der Waals surface area contributed by atoms with Gasteiger partial charge in [0.15, 0.2) is 10.0 Å². The minimum atomic E-state index is -1.26. The number of alkyl halides is 2. The second-order valence-electron chi connectivity index (χ2n) is 24.5. The number of amides is 2. The van der Waals surface area contributed by atoms with Gasteiger partial charge < -0.3 is 35.8 Å². The molecule has 26 heteroatoms. The third kappa shape index (κ3) is 16.2. The first-order valence-corrected chi connectivity index (χ1v) is 32.3. The number of likely N-dealkylation sites (tertiary alicyclic amines) is 2. The van der Waals surface area contributed by atoms with Gasteiger partial charge in [0, 0.05) is 60.8 Å². The largest absolute Gasteiger partial charge is 1.00 e. The molecule has 12 rings (SSSR count). The van der Waals surface area contributed by atoms with Gasteiger partial charge in [-0.25, -0.2) is 28.7 Å². The van der Waals surface area contributed by atoms with Gasteiger partial charge in [0.2, 0.25) is 0 Å². The standard InChI is InChI=1S/C33H38FN7O3S.C32H36FN7O3S.Li.H2O/c1-20(2)33(34)11-6-26-24(17-33)16-28-30(39-26)45-31(40-28)29(42)38-27(10-15-41-13-8-21(9-14-41)32(43)44-3)22-4-5-25(35-18-22)23-7-12-36-37-19-23;1-19(2)32(33)10-5-25-23(16-32)15-27-29(38-25)44-30(39-27)28(41)37-26(9-14-40-12-7-20(8-13-40)31(42)43)21-3-4-24(34-17-21)22-6-11-35-36-18-22;;/h4-5,7,12,16,18-21,27H,6,8-11,13-15,17H2,1-3H3,(H,38,42);3-4,6,11,15,17-20,26H,5,7-10,12-14,16H2,1-2H3,(H,37,41)(H,42,43);;1H2/q;;+1;/p-1/t27-,33+;26-,32+;;/m11../s1. The van der Waals surface area contributed by atoms with Gasteiger partial charge in [0.25, 0.3) is 11.8 Å². The van der Waals surface area contributed by atoms with Gasteiger partial charge in [-0.2, -0.15) is 20.4 Å². The number of carbonyl (C=O) groups excluding carboxylic acids is 3. The Bertz CT molecular complexity index is 3800. The van der Waals surface area contributed by atoms with E-state index in [-0.39, 0.29) is 77.9 Å². The van der Waals surface area contributed by atoms with Crippen LogP contribution in [0.5, 0.6) is 0 Å². The second kappa shape index (κ2) is 30.0. The molecular formula is C65H75F2LiN14O7S2. The Balaban J connectivity index is 0.000000211. The molecule has 0 radical (unpaired) electrons. The van der Waals surface area contributed by atoms with Gasteiger partial charge in [-0.05, 0) is 161 Å². The molecule has 91 heavy (non-hydrogen) atoms. The van der Waals surface area contributed by atoms with Crippen molar-refractivity contribution in [2.24, 2.45) is 23.7 Å². The van der Waals surface area contributed by atoms with Gasteiger partial charge in [0.1, 0.15) is 32.0 Å². The number of aryl methyl sites for hydroxylation is 2. The van der Waals surface area contributed by atoms with Crippen LogP contribution >= 0.6 is 22.7 Å². The maximum absolute atomic E-state index is 15.5. The summed E-state index contributed by atoms with van der Waals surface area (Å²) in [6.45, 7) is 12.1. The number of nitrogens with zero attached hydrogens (tertiary/aromatic N) is 12. The summed E-state index contributed by atoms with van der Waals surface area (Å²) < 4.78 is 35.8. The Labute approximate surface area is 547 Å². The van der Waals surface area contributed by atoms with Crippen LogP contribution in [0.25, 0.3) is 43.2 Å². The zero-order valence-corrected chi connectivity index (χ0v) is 53.8. The van der Waals surface area contributed by atoms with E-state index in [4.69, 9.17) is 14.7 Å². The number of aliphatic carboxylic acids is 1. The fourth-order valence-electron chi connectivity index (χ4n) is 12.4. The van der Waals surface area contributed by atoms with E-state index in [9.17, 15) is 24.3 Å². The third-order valence-electron chi connectivity index (χ3n) is 18.4. The molecule has 10 heterocycles. The average Bonchev–Trinajstić information content (AvgIpc) is 1.80. The van der Waals surface area contributed by atoms with Crippen molar-refractivity contribution in [2.45, 2.75) is 128 Å². The number of rotatable bonds is 18. The Hall–Kier alpha value is -7.24. The van der Waals surface area contributed by atoms with Crippen LogP contribution in [0.1, 0.15) is 144 Å². The smallest absolute Gasteiger partial charge is 0.870 e. The number of carboxylic acids is 1. The van der Waals surface area contributed by atoms with Gasteiger partial charge >= 0.3 is 30.8 Å². The van der Waals surface area contributed by atoms with Crippen molar-refractivity contribution in [1.29, 1.82) is 0 Å². The van der Waals surface area contributed by atoms with Gasteiger partial charge in [-0.15, -0.1) is 0 Å². The molecule has 0 aromatic carbocycles. The van der Waals surface area contributed by atoms with Crippen molar-refractivity contribution >= 4 is 67.1 Å². The normalized spacial score (nSPS) is 19.4. The van der Waals surface area contributed by atoms with E-state index in [0.29, 0.717) is 115 Å². The molecule has 2 amide bonds. The Morgan fingerprint density at radius 3 is 1.42 bits per heavy atom. The van der Waals surface area contributed by atoms with Crippen LogP contribution in [-0.4, -0.2) is 152 Å². The van der Waals surface area contributed by atoms with E-state index in [1.807, 2.05) is 76.2 Å². The van der Waals surface area contributed by atoms with E-state index in [0.717, 1.165) is 88.6 Å². The fourth-order valence-corrected chi connectivity index (χ4v) is 14.1. The van der Waals surface area contributed by atoms with Crippen LogP contribution in [0.2, 0.25) is 0 Å². The first-order chi connectivity index (χ1) is 42.9. The number of pyridine rings is 4. The van der Waals surface area contributed by atoms with E-state index in [1.165, 1.54) is 29.8 Å². The van der Waals surface area contributed by atoms with E-state index in [2.05, 4.69) is 60.8 Å².